The second kappa shape index (κ2) is 5.89. The lowest BCUT2D eigenvalue weighted by molar-refractivity contribution is -0.129. The van der Waals surface area contributed by atoms with Crippen LogP contribution in [0.25, 0.3) is 0 Å². The number of aliphatic hydroxyl groups is 2. The van der Waals surface area contributed by atoms with Gasteiger partial charge in [0.1, 0.15) is 0 Å². The maximum absolute atomic E-state index is 12.0. The zero-order valence-corrected chi connectivity index (χ0v) is 10.8. The molecule has 5 N–H and O–H groups in total. The largest absolute Gasteiger partial charge is 0.409 e. The molecule has 7 heteroatoms. The van der Waals surface area contributed by atoms with Crippen molar-refractivity contribution in [1.82, 2.24) is 4.90 Å². The van der Waals surface area contributed by atoms with Crippen LogP contribution in [0.3, 0.4) is 0 Å². The maximum atomic E-state index is 12.0. The van der Waals surface area contributed by atoms with Crippen molar-refractivity contribution in [2.75, 3.05) is 13.1 Å². The van der Waals surface area contributed by atoms with Gasteiger partial charge in [-0.3, -0.25) is 4.79 Å². The molecule has 0 spiro atoms. The summed E-state index contributed by atoms with van der Waals surface area (Å²) in [7, 11) is 0. The molecule has 1 saturated heterocycles. The zero-order valence-electron chi connectivity index (χ0n) is 10.8. The van der Waals surface area contributed by atoms with Gasteiger partial charge >= 0.3 is 0 Å². The summed E-state index contributed by atoms with van der Waals surface area (Å²) in [6, 6.07) is 6.75. The van der Waals surface area contributed by atoms with E-state index in [2.05, 4.69) is 5.16 Å². The van der Waals surface area contributed by atoms with E-state index >= 15 is 0 Å². The molecular weight excluding hydrogens is 262 g/mol. The molecule has 1 heterocycles. The highest BCUT2D eigenvalue weighted by atomic mass is 16.4. The van der Waals surface area contributed by atoms with Gasteiger partial charge in [0.05, 0.1) is 18.6 Å². The van der Waals surface area contributed by atoms with E-state index < -0.39 is 12.2 Å². The zero-order chi connectivity index (χ0) is 14.7. The number of aliphatic hydroxyl groups excluding tert-OH is 2. The highest BCUT2D eigenvalue weighted by molar-refractivity contribution is 5.97. The summed E-state index contributed by atoms with van der Waals surface area (Å²) >= 11 is 0. The summed E-state index contributed by atoms with van der Waals surface area (Å²) < 4.78 is 0. The Kier molecular flexibility index (Phi) is 4.21. The van der Waals surface area contributed by atoms with E-state index in [-0.39, 0.29) is 31.3 Å². The summed E-state index contributed by atoms with van der Waals surface area (Å²) in [5.74, 6) is -0.147. The minimum Gasteiger partial charge on any atom is -0.409 e. The van der Waals surface area contributed by atoms with Gasteiger partial charge in [-0.25, -0.2) is 0 Å². The number of likely N-dealkylation sites (tertiary alicyclic amines) is 1. The Morgan fingerprint density at radius 1 is 1.25 bits per heavy atom. The third-order valence-corrected chi connectivity index (χ3v) is 3.32. The SMILES string of the molecule is N/C(=N/O)c1ccc(CC(=O)N2CC(O)C(O)C2)cc1. The summed E-state index contributed by atoms with van der Waals surface area (Å²) in [4.78, 5) is 13.4. The Morgan fingerprint density at radius 2 is 1.80 bits per heavy atom. The fourth-order valence-corrected chi connectivity index (χ4v) is 2.11. The smallest absolute Gasteiger partial charge is 0.227 e. The number of amidine groups is 1. The fourth-order valence-electron chi connectivity index (χ4n) is 2.11. The van der Waals surface area contributed by atoms with Crippen LogP contribution < -0.4 is 5.73 Å². The standard InChI is InChI=1S/C13H17N3O4/c14-13(15-20)9-3-1-8(2-4-9)5-12(19)16-6-10(17)11(18)7-16/h1-4,10-11,17-18,20H,5-7H2,(H2,14,15). The average Bonchev–Trinajstić information content (AvgIpc) is 2.79. The van der Waals surface area contributed by atoms with Gasteiger partial charge in [0.25, 0.3) is 0 Å². The van der Waals surface area contributed by atoms with Crippen molar-refractivity contribution >= 4 is 11.7 Å². The maximum Gasteiger partial charge on any atom is 0.227 e. The molecule has 7 nitrogen and oxygen atoms in total. The van der Waals surface area contributed by atoms with Crippen LogP contribution in [-0.2, 0) is 11.2 Å². The lowest BCUT2D eigenvalue weighted by Crippen LogP contribution is -2.31. The van der Waals surface area contributed by atoms with E-state index in [0.29, 0.717) is 5.56 Å². The Balaban J connectivity index is 1.98. The van der Waals surface area contributed by atoms with Gasteiger partial charge < -0.3 is 26.1 Å². The molecule has 0 aromatic heterocycles. The third-order valence-electron chi connectivity index (χ3n) is 3.32. The number of amides is 1. The normalized spacial score (nSPS) is 23.1. The first kappa shape index (κ1) is 14.3. The molecule has 0 bridgehead atoms. The first-order chi connectivity index (χ1) is 9.51. The quantitative estimate of drug-likeness (QED) is 0.242. The summed E-state index contributed by atoms with van der Waals surface area (Å²) in [5.41, 5.74) is 6.79. The van der Waals surface area contributed by atoms with Gasteiger partial charge in [-0.1, -0.05) is 29.4 Å². The molecule has 1 aliphatic rings. The van der Waals surface area contributed by atoms with E-state index in [9.17, 15) is 15.0 Å². The Hall–Kier alpha value is -2.12. The Morgan fingerprint density at radius 3 is 2.30 bits per heavy atom. The van der Waals surface area contributed by atoms with Crippen LogP contribution >= 0.6 is 0 Å². The number of hydrogen-bond acceptors (Lipinski definition) is 5. The van der Waals surface area contributed by atoms with E-state index in [1.807, 2.05) is 0 Å². The van der Waals surface area contributed by atoms with Gasteiger partial charge in [0.2, 0.25) is 5.91 Å². The second-order valence-electron chi connectivity index (χ2n) is 4.79. The molecule has 0 radical (unpaired) electrons. The van der Waals surface area contributed by atoms with Gasteiger partial charge in [-0.05, 0) is 5.56 Å². The lowest BCUT2D eigenvalue weighted by atomic mass is 10.1. The first-order valence-corrected chi connectivity index (χ1v) is 6.22. The topological polar surface area (TPSA) is 119 Å². The highest BCUT2D eigenvalue weighted by Crippen LogP contribution is 2.13. The number of hydrogen-bond donors (Lipinski definition) is 4. The van der Waals surface area contributed by atoms with Crippen molar-refractivity contribution in [2.24, 2.45) is 10.9 Å². The van der Waals surface area contributed by atoms with Crippen molar-refractivity contribution in [3.8, 4) is 0 Å². The van der Waals surface area contributed by atoms with Gasteiger partial charge in [0, 0.05) is 18.7 Å². The van der Waals surface area contributed by atoms with Crippen LogP contribution in [0.5, 0.6) is 0 Å². The molecule has 1 aromatic rings. The van der Waals surface area contributed by atoms with E-state index in [4.69, 9.17) is 10.9 Å². The predicted molar refractivity (Wildman–Crippen MR) is 71.3 cm³/mol. The fraction of sp³-hybridized carbons (Fsp3) is 0.385. The van der Waals surface area contributed by atoms with Crippen molar-refractivity contribution < 1.29 is 20.2 Å². The van der Waals surface area contributed by atoms with Crippen molar-refractivity contribution in [2.45, 2.75) is 18.6 Å². The first-order valence-electron chi connectivity index (χ1n) is 6.22. The average molecular weight is 279 g/mol. The number of nitrogens with two attached hydrogens (primary N) is 1. The van der Waals surface area contributed by atoms with Gasteiger partial charge in [-0.15, -0.1) is 0 Å². The van der Waals surface area contributed by atoms with Crippen LogP contribution in [-0.4, -0.2) is 57.4 Å². The molecule has 2 unspecified atom stereocenters. The van der Waals surface area contributed by atoms with Crippen molar-refractivity contribution in [3.05, 3.63) is 35.4 Å². The number of benzene rings is 1. The van der Waals surface area contributed by atoms with Crippen molar-refractivity contribution in [1.29, 1.82) is 0 Å². The molecule has 2 rings (SSSR count). The molecule has 0 aliphatic carbocycles. The molecule has 1 amide bonds. The van der Waals surface area contributed by atoms with Crippen LogP contribution in [0.2, 0.25) is 0 Å². The van der Waals surface area contributed by atoms with Crippen LogP contribution in [0.1, 0.15) is 11.1 Å². The summed E-state index contributed by atoms with van der Waals surface area (Å²) in [5, 5.41) is 30.3. The number of β-amino-alcohol motifs (C(OH)–C–C–N with tert-alkyl or cyclic N) is 2. The summed E-state index contributed by atoms with van der Waals surface area (Å²) in [6.45, 7) is 0.310. The molecular formula is C13H17N3O4. The number of nitrogens with zero attached hydrogens (tertiary/aromatic N) is 2. The second-order valence-corrected chi connectivity index (χ2v) is 4.79. The van der Waals surface area contributed by atoms with E-state index in [1.54, 1.807) is 24.3 Å². The minimum atomic E-state index is -0.873. The molecule has 1 fully saturated rings. The molecule has 1 aromatic carbocycles. The van der Waals surface area contributed by atoms with Gasteiger partial charge in [0.15, 0.2) is 5.84 Å². The van der Waals surface area contributed by atoms with Crippen molar-refractivity contribution in [3.63, 3.8) is 0 Å². The van der Waals surface area contributed by atoms with Crippen LogP contribution in [0.4, 0.5) is 0 Å². The minimum absolute atomic E-state index is 0.00802. The Bertz CT molecular complexity index is 505. The number of carbonyl (C=O) groups excluding carboxylic acids is 1. The molecule has 20 heavy (non-hydrogen) atoms. The third kappa shape index (κ3) is 3.06. The predicted octanol–water partition coefficient (Wildman–Crippen LogP) is -1.11. The number of oxime groups is 1. The molecule has 2 atom stereocenters. The van der Waals surface area contributed by atoms with E-state index in [0.717, 1.165) is 5.56 Å². The Labute approximate surface area is 115 Å². The number of carbonyl (C=O) groups is 1. The lowest BCUT2D eigenvalue weighted by Gasteiger charge is -2.15. The molecule has 108 valence electrons. The van der Waals surface area contributed by atoms with Crippen LogP contribution in [0, 0.1) is 0 Å². The highest BCUT2D eigenvalue weighted by Gasteiger charge is 2.32. The van der Waals surface area contributed by atoms with Gasteiger partial charge in [-0.2, -0.15) is 0 Å². The number of rotatable bonds is 3. The molecule has 1 aliphatic heterocycles. The molecule has 0 saturated carbocycles. The van der Waals surface area contributed by atoms with E-state index in [1.165, 1.54) is 4.90 Å². The summed E-state index contributed by atoms with van der Waals surface area (Å²) in [6.07, 6.45) is -1.57. The van der Waals surface area contributed by atoms with Crippen LogP contribution in [0.15, 0.2) is 29.4 Å². The monoisotopic (exact) mass is 279 g/mol.